The highest BCUT2D eigenvalue weighted by Gasteiger charge is 2.32. The molecule has 0 unspecified atom stereocenters. The van der Waals surface area contributed by atoms with Gasteiger partial charge in [-0.15, -0.1) is 0 Å². The van der Waals surface area contributed by atoms with Gasteiger partial charge in [-0.05, 0) is 35.9 Å². The highest BCUT2D eigenvalue weighted by Crippen LogP contribution is 2.39. The molecule has 7 nitrogen and oxygen atoms in total. The summed E-state index contributed by atoms with van der Waals surface area (Å²) in [5.41, 5.74) is 1.48. The van der Waals surface area contributed by atoms with Crippen LogP contribution in [0.2, 0.25) is 0 Å². The first-order valence-electron chi connectivity index (χ1n) is 8.58. The van der Waals surface area contributed by atoms with Gasteiger partial charge in [-0.3, -0.25) is 4.79 Å². The number of nitriles is 2. The standard InChI is InChI=1S/C21H17N3O4/c1-27-15-4-2-3-14(11-15)12-19-20(26)16-5-6-18(25)17(21(16)28-19)13-24(9-7-22)10-8-23/h2-6,11-12,25H,9-10,13H2,1H3/p+1/b19-12+. The Hall–Kier alpha value is -3.81. The van der Waals surface area contributed by atoms with Crippen molar-refractivity contribution in [2.45, 2.75) is 6.54 Å². The number of aromatic hydroxyl groups is 1. The number of carbonyl (C=O) groups is 1. The molecule has 0 atom stereocenters. The van der Waals surface area contributed by atoms with E-state index in [2.05, 4.69) is 0 Å². The second-order valence-electron chi connectivity index (χ2n) is 6.25. The number of hydrogen-bond acceptors (Lipinski definition) is 6. The van der Waals surface area contributed by atoms with Gasteiger partial charge in [-0.25, -0.2) is 0 Å². The number of fused-ring (bicyclic) bond motifs is 1. The Labute approximate surface area is 162 Å². The Morgan fingerprint density at radius 1 is 1.21 bits per heavy atom. The van der Waals surface area contributed by atoms with Crippen LogP contribution < -0.4 is 14.4 Å². The molecular weight excluding hydrogens is 358 g/mol. The van der Waals surface area contributed by atoms with Gasteiger partial charge in [-0.1, -0.05) is 12.1 Å². The molecule has 0 saturated heterocycles. The molecule has 1 aliphatic heterocycles. The van der Waals surface area contributed by atoms with Crippen LogP contribution in [0.15, 0.2) is 42.2 Å². The molecule has 7 heteroatoms. The molecule has 0 radical (unpaired) electrons. The van der Waals surface area contributed by atoms with Gasteiger partial charge in [0.2, 0.25) is 5.78 Å². The normalized spacial score (nSPS) is 13.7. The first kappa shape index (κ1) is 19.0. The summed E-state index contributed by atoms with van der Waals surface area (Å²) < 4.78 is 11.0. The Morgan fingerprint density at radius 3 is 2.64 bits per heavy atom. The highest BCUT2D eigenvalue weighted by atomic mass is 16.5. The van der Waals surface area contributed by atoms with Crippen molar-refractivity contribution in [3.05, 3.63) is 58.8 Å². The molecule has 28 heavy (non-hydrogen) atoms. The molecular formula is C21H18N3O4+. The molecule has 1 aliphatic rings. The summed E-state index contributed by atoms with van der Waals surface area (Å²) in [4.78, 5) is 13.4. The minimum absolute atomic E-state index is 0.0393. The number of ketones is 1. The van der Waals surface area contributed by atoms with Crippen LogP contribution in [0.4, 0.5) is 0 Å². The number of phenolic OH excluding ortho intramolecular Hbond substituents is 1. The molecule has 140 valence electrons. The first-order valence-corrected chi connectivity index (χ1v) is 8.58. The quantitative estimate of drug-likeness (QED) is 0.584. The molecule has 2 aromatic rings. The predicted molar refractivity (Wildman–Crippen MR) is 99.7 cm³/mol. The number of nitrogens with zero attached hydrogens (tertiary/aromatic N) is 2. The zero-order valence-corrected chi connectivity index (χ0v) is 15.2. The second-order valence-corrected chi connectivity index (χ2v) is 6.25. The number of hydrogen-bond donors (Lipinski definition) is 2. The summed E-state index contributed by atoms with van der Waals surface area (Å²) >= 11 is 0. The topological polar surface area (TPSA) is 108 Å². The van der Waals surface area contributed by atoms with Crippen molar-refractivity contribution in [1.29, 1.82) is 10.5 Å². The maximum Gasteiger partial charge on any atom is 0.231 e. The van der Waals surface area contributed by atoms with Crippen LogP contribution >= 0.6 is 0 Å². The van der Waals surface area contributed by atoms with E-state index in [1.54, 1.807) is 31.4 Å². The number of ether oxygens (including phenoxy) is 2. The van der Waals surface area contributed by atoms with E-state index in [4.69, 9.17) is 20.0 Å². The average Bonchev–Trinajstić information content (AvgIpc) is 3.00. The number of methoxy groups -OCH3 is 1. The predicted octanol–water partition coefficient (Wildman–Crippen LogP) is 1.45. The van der Waals surface area contributed by atoms with E-state index >= 15 is 0 Å². The van der Waals surface area contributed by atoms with Crippen LogP contribution in [-0.2, 0) is 6.54 Å². The lowest BCUT2D eigenvalue weighted by atomic mass is 10.0. The maximum absolute atomic E-state index is 12.7. The smallest absolute Gasteiger partial charge is 0.231 e. The SMILES string of the molecule is COc1cccc(/C=C2/Oc3c(ccc(O)c3C[NH+](CC#N)CC#N)C2=O)c1. The molecule has 0 bridgehead atoms. The van der Waals surface area contributed by atoms with Gasteiger partial charge >= 0.3 is 0 Å². The molecule has 0 spiro atoms. The Kier molecular flexibility index (Phi) is 5.59. The van der Waals surface area contributed by atoms with Crippen LogP contribution in [0.5, 0.6) is 17.2 Å². The van der Waals surface area contributed by atoms with Gasteiger partial charge in [0.05, 0.1) is 18.2 Å². The summed E-state index contributed by atoms with van der Waals surface area (Å²) in [6.07, 6.45) is 1.61. The number of benzene rings is 2. The summed E-state index contributed by atoms with van der Waals surface area (Å²) in [5, 5.41) is 28.2. The minimum Gasteiger partial charge on any atom is -0.507 e. The van der Waals surface area contributed by atoms with Crippen LogP contribution in [0, 0.1) is 22.7 Å². The molecule has 0 aliphatic carbocycles. The lowest BCUT2D eigenvalue weighted by Crippen LogP contribution is -3.10. The van der Waals surface area contributed by atoms with Crippen molar-refractivity contribution < 1.29 is 24.3 Å². The van der Waals surface area contributed by atoms with Crippen molar-refractivity contribution >= 4 is 11.9 Å². The fourth-order valence-corrected chi connectivity index (χ4v) is 3.01. The van der Waals surface area contributed by atoms with Crippen LogP contribution in [0.3, 0.4) is 0 Å². The number of quaternary nitrogens is 1. The average molecular weight is 376 g/mol. The summed E-state index contributed by atoms with van der Waals surface area (Å²) in [7, 11) is 1.56. The Balaban J connectivity index is 1.95. The van der Waals surface area contributed by atoms with E-state index in [9.17, 15) is 9.90 Å². The fraction of sp³-hybridized carbons (Fsp3) is 0.190. The number of allylic oxidation sites excluding steroid dienone is 1. The zero-order chi connectivity index (χ0) is 20.1. The van der Waals surface area contributed by atoms with Gasteiger partial charge < -0.3 is 19.5 Å². The Bertz CT molecular complexity index is 1010. The van der Waals surface area contributed by atoms with Gasteiger partial charge in [0.15, 0.2) is 24.6 Å². The van der Waals surface area contributed by atoms with Crippen molar-refractivity contribution in [2.24, 2.45) is 0 Å². The van der Waals surface area contributed by atoms with Crippen molar-refractivity contribution in [1.82, 2.24) is 0 Å². The Morgan fingerprint density at radius 2 is 1.96 bits per heavy atom. The lowest BCUT2D eigenvalue weighted by molar-refractivity contribution is -0.899. The number of carbonyl (C=O) groups excluding carboxylic acids is 1. The van der Waals surface area contributed by atoms with E-state index in [-0.39, 0.29) is 42.7 Å². The van der Waals surface area contributed by atoms with Gasteiger partial charge in [0.1, 0.15) is 30.2 Å². The summed E-state index contributed by atoms with van der Waals surface area (Å²) in [6.45, 7) is 0.379. The molecule has 3 rings (SSSR count). The van der Waals surface area contributed by atoms with Crippen LogP contribution in [0.1, 0.15) is 21.5 Å². The third-order valence-electron chi connectivity index (χ3n) is 4.39. The van der Waals surface area contributed by atoms with Crippen LogP contribution in [0.25, 0.3) is 6.08 Å². The van der Waals surface area contributed by atoms with E-state index in [0.29, 0.717) is 21.8 Å². The summed E-state index contributed by atoms with van der Waals surface area (Å²) in [5.74, 6) is 0.733. The number of phenols is 1. The van der Waals surface area contributed by atoms with Gasteiger partial charge in [0, 0.05) is 0 Å². The van der Waals surface area contributed by atoms with E-state index < -0.39 is 0 Å². The van der Waals surface area contributed by atoms with Crippen molar-refractivity contribution in [3.8, 4) is 29.4 Å². The third kappa shape index (κ3) is 3.80. The minimum atomic E-state index is -0.291. The number of nitrogens with one attached hydrogen (secondary N) is 1. The molecule has 2 aromatic carbocycles. The largest absolute Gasteiger partial charge is 0.507 e. The number of rotatable bonds is 6. The monoisotopic (exact) mass is 376 g/mol. The third-order valence-corrected chi connectivity index (χ3v) is 4.39. The van der Waals surface area contributed by atoms with Gasteiger partial charge in [-0.2, -0.15) is 10.5 Å². The first-order chi connectivity index (χ1) is 13.6. The summed E-state index contributed by atoms with van der Waals surface area (Å²) in [6, 6.07) is 14.2. The van der Waals surface area contributed by atoms with E-state index in [0.717, 1.165) is 5.56 Å². The van der Waals surface area contributed by atoms with Crippen molar-refractivity contribution in [2.75, 3.05) is 20.2 Å². The maximum atomic E-state index is 12.7. The molecule has 2 N–H and O–H groups in total. The number of Topliss-reactive ketones (excluding diaryl/α,β-unsaturated/α-hetero) is 1. The van der Waals surface area contributed by atoms with Crippen molar-refractivity contribution in [3.63, 3.8) is 0 Å². The highest BCUT2D eigenvalue weighted by molar-refractivity contribution is 6.15. The zero-order valence-electron chi connectivity index (χ0n) is 15.2. The lowest BCUT2D eigenvalue weighted by Gasteiger charge is -2.15. The van der Waals surface area contributed by atoms with E-state index in [1.807, 2.05) is 18.2 Å². The van der Waals surface area contributed by atoms with Crippen LogP contribution in [-0.4, -0.2) is 31.1 Å². The molecule has 0 amide bonds. The fourth-order valence-electron chi connectivity index (χ4n) is 3.01. The molecule has 0 aromatic heterocycles. The molecule has 1 heterocycles. The second kappa shape index (κ2) is 8.26. The van der Waals surface area contributed by atoms with E-state index in [1.165, 1.54) is 12.1 Å². The molecule has 0 fully saturated rings. The van der Waals surface area contributed by atoms with Gasteiger partial charge in [0.25, 0.3) is 0 Å². The molecule has 0 saturated carbocycles.